The van der Waals surface area contributed by atoms with Crippen LogP contribution in [0.25, 0.3) is 5.70 Å². The molecule has 1 aromatic carbocycles. The number of tetrazole rings is 1. The van der Waals surface area contributed by atoms with Gasteiger partial charge in [-0.2, -0.15) is 5.21 Å². The van der Waals surface area contributed by atoms with Gasteiger partial charge < -0.3 is 0 Å². The van der Waals surface area contributed by atoms with E-state index < -0.39 is 0 Å². The normalized spacial score (nSPS) is 11.6. The first-order valence-electron chi connectivity index (χ1n) is 5.37. The van der Waals surface area contributed by atoms with E-state index in [2.05, 4.69) is 26.1 Å². The fraction of sp³-hybridized carbons (Fsp3) is 0.182. The van der Waals surface area contributed by atoms with Crippen molar-refractivity contribution in [1.29, 1.82) is 0 Å². The Morgan fingerprint density at radius 1 is 1.42 bits per heavy atom. The summed E-state index contributed by atoms with van der Waals surface area (Å²) in [6.45, 7) is 0. The maximum atomic E-state index is 5.99. The van der Waals surface area contributed by atoms with Gasteiger partial charge in [-0.05, 0) is 12.1 Å². The van der Waals surface area contributed by atoms with Crippen LogP contribution in [0.4, 0.5) is 0 Å². The van der Waals surface area contributed by atoms with Crippen LogP contribution in [0, 0.1) is 0 Å². The lowest BCUT2D eigenvalue weighted by molar-refractivity contribution is 0.136. The van der Waals surface area contributed by atoms with E-state index in [9.17, 15) is 0 Å². The number of nitrogens with one attached hydrogen (secondary N) is 2. The quantitative estimate of drug-likeness (QED) is 0.828. The minimum absolute atomic E-state index is 0.475. The molecule has 6 nitrogen and oxygen atoms in total. The molecule has 2 rings (SSSR count). The second-order valence-electron chi connectivity index (χ2n) is 3.59. The highest BCUT2D eigenvalue weighted by atomic mass is 35.5. The Morgan fingerprint density at radius 2 is 2.26 bits per heavy atom. The first kappa shape index (κ1) is 13.8. The summed E-state index contributed by atoms with van der Waals surface area (Å²) < 4.78 is 0. The van der Waals surface area contributed by atoms with Gasteiger partial charge >= 0.3 is 0 Å². The van der Waals surface area contributed by atoms with Crippen LogP contribution in [0.1, 0.15) is 11.4 Å². The van der Waals surface area contributed by atoms with Crippen molar-refractivity contribution in [2.75, 3.05) is 7.11 Å². The van der Waals surface area contributed by atoms with Gasteiger partial charge in [-0.15, -0.1) is 10.2 Å². The van der Waals surface area contributed by atoms with E-state index in [1.807, 2.05) is 12.1 Å². The molecule has 0 saturated heterocycles. The molecule has 0 fully saturated rings. The second kappa shape index (κ2) is 6.51. The van der Waals surface area contributed by atoms with E-state index >= 15 is 0 Å². The first-order chi connectivity index (χ1) is 9.20. The fourth-order valence-electron chi connectivity index (χ4n) is 1.45. The van der Waals surface area contributed by atoms with Gasteiger partial charge in [-0.25, -0.2) is 0 Å². The molecule has 100 valence electrons. The zero-order valence-electron chi connectivity index (χ0n) is 10.0. The Morgan fingerprint density at radius 3 is 2.89 bits per heavy atom. The minimum atomic E-state index is 0.475. The highest BCUT2D eigenvalue weighted by molar-refractivity contribution is 6.42. The van der Waals surface area contributed by atoms with Gasteiger partial charge in [-0.1, -0.05) is 40.6 Å². The van der Waals surface area contributed by atoms with Crippen LogP contribution in [-0.4, -0.2) is 27.7 Å². The number of hydroxylamine groups is 1. The van der Waals surface area contributed by atoms with E-state index in [4.69, 9.17) is 28.0 Å². The molecule has 2 aromatic rings. The second-order valence-corrected chi connectivity index (χ2v) is 4.40. The standard InChI is InChI=1S/C11H11Cl2N5O/c1-19-16-10(4-5-11-14-17-18-15-11)7-2-3-8(12)9(13)6-7/h2-4,6,16H,5H2,1H3,(H,14,15,17,18). The third-order valence-electron chi connectivity index (χ3n) is 2.32. The molecule has 19 heavy (non-hydrogen) atoms. The molecule has 0 aliphatic carbocycles. The molecule has 0 amide bonds. The van der Waals surface area contributed by atoms with E-state index in [1.54, 1.807) is 12.1 Å². The van der Waals surface area contributed by atoms with Crippen LogP contribution in [0.15, 0.2) is 24.3 Å². The molecule has 8 heteroatoms. The van der Waals surface area contributed by atoms with Crippen LogP contribution in [-0.2, 0) is 11.3 Å². The van der Waals surface area contributed by atoms with Gasteiger partial charge in [0.2, 0.25) is 0 Å². The van der Waals surface area contributed by atoms with Crippen LogP contribution in [0.5, 0.6) is 0 Å². The van der Waals surface area contributed by atoms with E-state index in [-0.39, 0.29) is 0 Å². The summed E-state index contributed by atoms with van der Waals surface area (Å²) in [6.07, 6.45) is 2.37. The minimum Gasteiger partial charge on any atom is -0.279 e. The zero-order chi connectivity index (χ0) is 13.7. The molecule has 0 saturated carbocycles. The highest BCUT2D eigenvalue weighted by Crippen LogP contribution is 2.25. The number of rotatable bonds is 5. The van der Waals surface area contributed by atoms with Gasteiger partial charge in [-0.3, -0.25) is 10.3 Å². The Balaban J connectivity index is 2.23. The maximum Gasteiger partial charge on any atom is 0.178 e. The van der Waals surface area contributed by atoms with Crippen molar-refractivity contribution in [1.82, 2.24) is 26.1 Å². The van der Waals surface area contributed by atoms with Crippen LogP contribution in [0.3, 0.4) is 0 Å². The Kier molecular flexibility index (Phi) is 4.73. The molecule has 0 aliphatic rings. The third kappa shape index (κ3) is 3.66. The van der Waals surface area contributed by atoms with Gasteiger partial charge in [0, 0.05) is 12.0 Å². The molecule has 2 N–H and O–H groups in total. The molecule has 0 atom stereocenters. The van der Waals surface area contributed by atoms with Gasteiger partial charge in [0.25, 0.3) is 0 Å². The average Bonchev–Trinajstić information content (AvgIpc) is 2.91. The molecular weight excluding hydrogens is 289 g/mol. The van der Waals surface area contributed by atoms with Crippen molar-refractivity contribution in [2.45, 2.75) is 6.42 Å². The number of hydrogen-bond acceptors (Lipinski definition) is 5. The molecule has 0 spiro atoms. The molecule has 0 unspecified atom stereocenters. The Bertz CT molecular complexity index is 570. The summed E-state index contributed by atoms with van der Waals surface area (Å²) in [7, 11) is 1.53. The fourth-order valence-corrected chi connectivity index (χ4v) is 1.75. The summed E-state index contributed by atoms with van der Waals surface area (Å²) in [5.74, 6) is 0.579. The number of benzene rings is 1. The molecule has 1 heterocycles. The Hall–Kier alpha value is -1.63. The third-order valence-corrected chi connectivity index (χ3v) is 3.06. The number of hydrogen-bond donors (Lipinski definition) is 2. The van der Waals surface area contributed by atoms with Gasteiger partial charge in [0.05, 0.1) is 22.9 Å². The molecule has 0 aliphatic heterocycles. The number of H-pyrrole nitrogens is 1. The van der Waals surface area contributed by atoms with Crippen LogP contribution < -0.4 is 5.48 Å². The van der Waals surface area contributed by atoms with Crippen LogP contribution >= 0.6 is 23.2 Å². The highest BCUT2D eigenvalue weighted by Gasteiger charge is 2.05. The number of nitrogens with zero attached hydrogens (tertiary/aromatic N) is 3. The summed E-state index contributed by atoms with van der Waals surface area (Å²) in [6, 6.07) is 5.30. The van der Waals surface area contributed by atoms with Crippen molar-refractivity contribution in [2.24, 2.45) is 0 Å². The zero-order valence-corrected chi connectivity index (χ0v) is 11.5. The van der Waals surface area contributed by atoms with E-state index in [1.165, 1.54) is 7.11 Å². The smallest absolute Gasteiger partial charge is 0.178 e. The summed E-state index contributed by atoms with van der Waals surface area (Å²) in [4.78, 5) is 4.94. The van der Waals surface area contributed by atoms with Gasteiger partial charge in [0.15, 0.2) is 5.82 Å². The lowest BCUT2D eigenvalue weighted by atomic mass is 10.1. The predicted molar refractivity (Wildman–Crippen MR) is 72.5 cm³/mol. The molecular formula is C11H11Cl2N5O. The maximum absolute atomic E-state index is 5.99. The number of allylic oxidation sites excluding steroid dienone is 1. The van der Waals surface area contributed by atoms with Crippen molar-refractivity contribution in [3.63, 3.8) is 0 Å². The first-order valence-corrected chi connectivity index (χ1v) is 6.13. The Labute approximate surface area is 119 Å². The molecule has 0 radical (unpaired) electrons. The van der Waals surface area contributed by atoms with Crippen molar-refractivity contribution < 1.29 is 4.84 Å². The van der Waals surface area contributed by atoms with E-state index in [0.717, 1.165) is 11.3 Å². The predicted octanol–water partition coefficient (Wildman–Crippen LogP) is 2.24. The summed E-state index contributed by atoms with van der Waals surface area (Å²) in [5, 5.41) is 14.6. The van der Waals surface area contributed by atoms with Crippen LogP contribution in [0.2, 0.25) is 10.0 Å². The summed E-state index contributed by atoms with van der Waals surface area (Å²) in [5.41, 5.74) is 4.37. The number of halogens is 2. The lowest BCUT2D eigenvalue weighted by Crippen LogP contribution is -2.10. The van der Waals surface area contributed by atoms with Crippen molar-refractivity contribution in [3.05, 3.63) is 45.7 Å². The average molecular weight is 300 g/mol. The van der Waals surface area contributed by atoms with Crippen molar-refractivity contribution >= 4 is 28.9 Å². The number of aromatic amines is 1. The number of aromatic nitrogens is 4. The van der Waals surface area contributed by atoms with Gasteiger partial charge in [0.1, 0.15) is 0 Å². The molecule has 1 aromatic heterocycles. The lowest BCUT2D eigenvalue weighted by Gasteiger charge is -2.09. The monoisotopic (exact) mass is 299 g/mol. The summed E-state index contributed by atoms with van der Waals surface area (Å²) >= 11 is 11.9. The largest absolute Gasteiger partial charge is 0.279 e. The SMILES string of the molecule is CONC(=CCc1nn[nH]n1)c1ccc(Cl)c(Cl)c1. The topological polar surface area (TPSA) is 75.7 Å². The van der Waals surface area contributed by atoms with E-state index in [0.29, 0.717) is 22.3 Å². The van der Waals surface area contributed by atoms with Crippen molar-refractivity contribution in [3.8, 4) is 0 Å². The molecule has 0 bridgehead atoms.